The molecule has 1 atom stereocenters. The summed E-state index contributed by atoms with van der Waals surface area (Å²) in [7, 11) is 0. The van der Waals surface area contributed by atoms with Gasteiger partial charge in [-0.15, -0.1) is 0 Å². The van der Waals surface area contributed by atoms with Crippen LogP contribution in [-0.2, 0) is 4.79 Å². The lowest BCUT2D eigenvalue weighted by molar-refractivity contribution is -0.117. The average molecular weight is 349 g/mol. The molecule has 0 aromatic carbocycles. The molecule has 2 aliphatic heterocycles. The van der Waals surface area contributed by atoms with Gasteiger partial charge < -0.3 is 9.80 Å². The monoisotopic (exact) mass is 349 g/mol. The quantitative estimate of drug-likeness (QED) is 0.717. The molecule has 8 nitrogen and oxygen atoms in total. The van der Waals surface area contributed by atoms with E-state index in [0.29, 0.717) is 12.1 Å². The van der Waals surface area contributed by atoms with Gasteiger partial charge in [-0.1, -0.05) is 0 Å². The minimum Gasteiger partial charge on any atom is -0.354 e. The van der Waals surface area contributed by atoms with E-state index in [1.165, 1.54) is 0 Å². The maximum absolute atomic E-state index is 11.9. The summed E-state index contributed by atoms with van der Waals surface area (Å²) in [6.45, 7) is 2.55. The van der Waals surface area contributed by atoms with E-state index in [0.717, 1.165) is 49.5 Å². The zero-order valence-electron chi connectivity index (χ0n) is 14.3. The maximum Gasteiger partial charge on any atom is 0.227 e. The molecule has 0 radical (unpaired) electrons. The first kappa shape index (κ1) is 15.2. The summed E-state index contributed by atoms with van der Waals surface area (Å²) in [6, 6.07) is 4.24. The van der Waals surface area contributed by atoms with Gasteiger partial charge in [-0.2, -0.15) is 5.10 Å². The van der Waals surface area contributed by atoms with Gasteiger partial charge in [-0.3, -0.25) is 14.5 Å². The summed E-state index contributed by atoms with van der Waals surface area (Å²) in [5, 5.41) is 4.51. The Bertz CT molecular complexity index is 969. The van der Waals surface area contributed by atoms with Crippen LogP contribution in [0, 0.1) is 0 Å². The summed E-state index contributed by atoms with van der Waals surface area (Å²) >= 11 is 0. The van der Waals surface area contributed by atoms with E-state index < -0.39 is 0 Å². The highest BCUT2D eigenvalue weighted by Crippen LogP contribution is 2.28. The smallest absolute Gasteiger partial charge is 0.227 e. The Morgan fingerprint density at radius 1 is 1.12 bits per heavy atom. The Morgan fingerprint density at radius 3 is 2.92 bits per heavy atom. The third kappa shape index (κ3) is 2.58. The summed E-state index contributed by atoms with van der Waals surface area (Å²) in [4.78, 5) is 29.2. The first-order valence-electron chi connectivity index (χ1n) is 8.95. The van der Waals surface area contributed by atoms with Crippen LogP contribution in [0.1, 0.15) is 25.3 Å². The molecule has 3 aromatic rings. The second-order valence-corrected chi connectivity index (χ2v) is 6.78. The molecule has 5 rings (SSSR count). The van der Waals surface area contributed by atoms with Gasteiger partial charge >= 0.3 is 0 Å². The Balaban J connectivity index is 1.33. The molecule has 2 aliphatic rings. The summed E-state index contributed by atoms with van der Waals surface area (Å²) < 4.78 is 1.99. The number of carbonyl (C=O) groups excluding carboxylic acids is 1. The van der Waals surface area contributed by atoms with Gasteiger partial charge in [0.15, 0.2) is 5.65 Å². The Morgan fingerprint density at radius 2 is 2.04 bits per heavy atom. The third-order valence-corrected chi connectivity index (χ3v) is 5.15. The predicted molar refractivity (Wildman–Crippen MR) is 97.0 cm³/mol. The molecule has 1 amide bonds. The fourth-order valence-corrected chi connectivity index (χ4v) is 3.77. The van der Waals surface area contributed by atoms with Crippen LogP contribution in [0.4, 0.5) is 11.5 Å². The van der Waals surface area contributed by atoms with E-state index in [2.05, 4.69) is 25.0 Å². The molecule has 0 spiro atoms. The number of hydrogen-bond acceptors (Lipinski definition) is 6. The van der Waals surface area contributed by atoms with Gasteiger partial charge in [0.25, 0.3) is 0 Å². The molecule has 132 valence electrons. The highest BCUT2D eigenvalue weighted by Gasteiger charge is 2.28. The van der Waals surface area contributed by atoms with Gasteiger partial charge in [-0.25, -0.2) is 9.97 Å². The summed E-state index contributed by atoms with van der Waals surface area (Å²) in [5.74, 6) is 1.11. The van der Waals surface area contributed by atoms with Crippen molar-refractivity contribution in [2.24, 2.45) is 0 Å². The van der Waals surface area contributed by atoms with Crippen molar-refractivity contribution in [3.05, 3.63) is 36.9 Å². The number of amides is 1. The third-order valence-electron chi connectivity index (χ3n) is 5.15. The zero-order chi connectivity index (χ0) is 17.5. The second kappa shape index (κ2) is 6.05. The minimum atomic E-state index is 0.194. The van der Waals surface area contributed by atoms with Gasteiger partial charge in [0, 0.05) is 44.6 Å². The Kier molecular flexibility index (Phi) is 3.55. The number of anilines is 2. The minimum absolute atomic E-state index is 0.194. The van der Waals surface area contributed by atoms with Crippen molar-refractivity contribution in [1.82, 2.24) is 24.7 Å². The number of rotatable bonds is 3. The summed E-state index contributed by atoms with van der Waals surface area (Å²) in [6.07, 6.45) is 9.70. The van der Waals surface area contributed by atoms with Crippen LogP contribution in [0.2, 0.25) is 0 Å². The molecule has 8 heteroatoms. The second-order valence-electron chi connectivity index (χ2n) is 6.78. The van der Waals surface area contributed by atoms with Crippen molar-refractivity contribution in [3.8, 4) is 0 Å². The molecule has 1 unspecified atom stereocenters. The van der Waals surface area contributed by atoms with E-state index in [-0.39, 0.29) is 11.9 Å². The van der Waals surface area contributed by atoms with Crippen LogP contribution in [0.25, 0.3) is 11.2 Å². The maximum atomic E-state index is 11.9. The van der Waals surface area contributed by atoms with E-state index in [9.17, 15) is 4.79 Å². The molecule has 0 N–H and O–H groups in total. The Labute approximate surface area is 150 Å². The molecule has 0 aliphatic carbocycles. The molecule has 26 heavy (non-hydrogen) atoms. The molecular weight excluding hydrogens is 330 g/mol. The fraction of sp³-hybridized carbons (Fsp3) is 0.389. The molecule has 0 bridgehead atoms. The molecule has 2 fully saturated rings. The summed E-state index contributed by atoms with van der Waals surface area (Å²) in [5.41, 5.74) is 2.38. The largest absolute Gasteiger partial charge is 0.354 e. The molecule has 0 saturated carbocycles. The number of fused-ring (bicyclic) bond motifs is 1. The van der Waals surface area contributed by atoms with Crippen LogP contribution >= 0.6 is 0 Å². The number of aromatic nitrogens is 5. The molecular formula is C18H19N7O. The van der Waals surface area contributed by atoms with Crippen molar-refractivity contribution in [2.45, 2.75) is 25.3 Å². The molecule has 3 aromatic heterocycles. The van der Waals surface area contributed by atoms with E-state index in [1.54, 1.807) is 18.6 Å². The molecule has 2 saturated heterocycles. The topological polar surface area (TPSA) is 80.0 Å². The van der Waals surface area contributed by atoms with Gasteiger partial charge in [-0.05, 0) is 25.0 Å². The lowest BCUT2D eigenvalue weighted by atomic mass is 10.3. The van der Waals surface area contributed by atoms with Crippen molar-refractivity contribution in [1.29, 1.82) is 0 Å². The van der Waals surface area contributed by atoms with E-state index in [1.807, 2.05) is 27.9 Å². The van der Waals surface area contributed by atoms with Gasteiger partial charge in [0.2, 0.25) is 5.91 Å². The number of hydrogen-bond donors (Lipinski definition) is 0. The van der Waals surface area contributed by atoms with Gasteiger partial charge in [0.1, 0.15) is 11.3 Å². The van der Waals surface area contributed by atoms with Crippen LogP contribution in [-0.4, -0.2) is 50.3 Å². The highest BCUT2D eigenvalue weighted by atomic mass is 16.2. The van der Waals surface area contributed by atoms with Crippen molar-refractivity contribution in [3.63, 3.8) is 0 Å². The lowest BCUT2D eigenvalue weighted by Crippen LogP contribution is -2.23. The van der Waals surface area contributed by atoms with E-state index >= 15 is 0 Å². The standard InChI is InChI=1S/C18H19N7O/c26-17-2-1-8-24(17)14-10-21-25(12-14)13-5-9-23(11-13)16-4-3-15-18(22-16)20-7-6-19-15/h3-4,6-7,10,12-13H,1-2,5,8-9,11H2. The zero-order valence-corrected chi connectivity index (χ0v) is 14.3. The normalized spacial score (nSPS) is 20.5. The van der Waals surface area contributed by atoms with E-state index in [4.69, 9.17) is 0 Å². The van der Waals surface area contributed by atoms with Crippen molar-refractivity contribution >= 4 is 28.6 Å². The average Bonchev–Trinajstić information content (AvgIpc) is 3.41. The lowest BCUT2D eigenvalue weighted by Gasteiger charge is -2.18. The SMILES string of the molecule is O=C1CCCN1c1cnn(C2CCN(c3ccc4nccnc4n3)C2)c1. The predicted octanol–water partition coefficient (Wildman–Crippen LogP) is 1.80. The fourth-order valence-electron chi connectivity index (χ4n) is 3.77. The van der Waals surface area contributed by atoms with Crippen LogP contribution in [0.5, 0.6) is 0 Å². The number of nitrogens with zero attached hydrogens (tertiary/aromatic N) is 7. The first-order chi connectivity index (χ1) is 12.8. The highest BCUT2D eigenvalue weighted by molar-refractivity contribution is 5.95. The Hall–Kier alpha value is -3.03. The van der Waals surface area contributed by atoms with Crippen LogP contribution < -0.4 is 9.80 Å². The van der Waals surface area contributed by atoms with Crippen LogP contribution in [0.3, 0.4) is 0 Å². The van der Waals surface area contributed by atoms with Crippen molar-refractivity contribution in [2.75, 3.05) is 29.4 Å². The van der Waals surface area contributed by atoms with Crippen molar-refractivity contribution < 1.29 is 4.79 Å². The van der Waals surface area contributed by atoms with Gasteiger partial charge in [0.05, 0.1) is 17.9 Å². The number of carbonyl (C=O) groups is 1. The number of pyridine rings is 1. The van der Waals surface area contributed by atoms with Crippen LogP contribution in [0.15, 0.2) is 36.9 Å². The molecule has 5 heterocycles. The first-order valence-corrected chi connectivity index (χ1v) is 8.95.